The molecular weight excluding hydrogens is 413 g/mol. The number of fused-ring (bicyclic) bond motifs is 2. The summed E-state index contributed by atoms with van der Waals surface area (Å²) >= 11 is 1.77. The van der Waals surface area contributed by atoms with Crippen molar-refractivity contribution in [2.24, 2.45) is 23.5 Å². The van der Waals surface area contributed by atoms with Gasteiger partial charge in [-0.3, -0.25) is 4.79 Å². The van der Waals surface area contributed by atoms with E-state index < -0.39 is 0 Å². The summed E-state index contributed by atoms with van der Waals surface area (Å²) in [5.41, 5.74) is 7.64. The SMILES string of the molecule is Cl.Cl.NC1C2CCCC1CC(C(=O)NCCc1nc(C3CCCCC3)cs1)C2. The van der Waals surface area contributed by atoms with Crippen molar-refractivity contribution >= 4 is 42.1 Å². The van der Waals surface area contributed by atoms with Crippen LogP contribution in [-0.4, -0.2) is 23.5 Å². The van der Waals surface area contributed by atoms with Crippen molar-refractivity contribution in [3.05, 3.63) is 16.1 Å². The Morgan fingerprint density at radius 2 is 1.75 bits per heavy atom. The molecule has 2 unspecified atom stereocenters. The first-order chi connectivity index (χ1) is 12.7. The molecule has 3 aliphatic rings. The number of hydrogen-bond donors (Lipinski definition) is 2. The predicted molar refractivity (Wildman–Crippen MR) is 121 cm³/mol. The van der Waals surface area contributed by atoms with E-state index in [0.29, 0.717) is 30.3 Å². The second-order valence-corrected chi connectivity index (χ2v) is 9.68. The number of thiazole rings is 1. The van der Waals surface area contributed by atoms with Gasteiger partial charge in [0.15, 0.2) is 0 Å². The van der Waals surface area contributed by atoms with Crippen LogP contribution in [0.2, 0.25) is 0 Å². The van der Waals surface area contributed by atoms with Crippen molar-refractivity contribution in [1.29, 1.82) is 0 Å². The van der Waals surface area contributed by atoms with Gasteiger partial charge in [-0.1, -0.05) is 25.7 Å². The van der Waals surface area contributed by atoms with Crippen molar-refractivity contribution in [2.75, 3.05) is 6.54 Å². The topological polar surface area (TPSA) is 68.0 Å². The van der Waals surface area contributed by atoms with Crippen LogP contribution in [-0.2, 0) is 11.2 Å². The van der Waals surface area contributed by atoms with Gasteiger partial charge in [-0.2, -0.15) is 0 Å². The van der Waals surface area contributed by atoms with Crippen LogP contribution < -0.4 is 11.1 Å². The monoisotopic (exact) mass is 447 g/mol. The number of amides is 1. The third-order valence-electron chi connectivity index (χ3n) is 7.01. The zero-order valence-corrected chi connectivity index (χ0v) is 19.1. The van der Waals surface area contributed by atoms with Gasteiger partial charge in [0, 0.05) is 36.2 Å². The van der Waals surface area contributed by atoms with Gasteiger partial charge in [0.1, 0.15) is 0 Å². The van der Waals surface area contributed by atoms with Crippen molar-refractivity contribution < 1.29 is 4.79 Å². The summed E-state index contributed by atoms with van der Waals surface area (Å²) in [4.78, 5) is 17.5. The van der Waals surface area contributed by atoms with E-state index in [1.165, 1.54) is 62.1 Å². The molecule has 7 heteroatoms. The smallest absolute Gasteiger partial charge is 0.223 e. The molecule has 0 aromatic carbocycles. The summed E-state index contributed by atoms with van der Waals surface area (Å²) in [5, 5.41) is 6.60. The Labute approximate surface area is 185 Å². The van der Waals surface area contributed by atoms with Crippen LogP contribution in [0.4, 0.5) is 0 Å². The Kier molecular flexibility index (Phi) is 9.52. The third kappa shape index (κ3) is 5.62. The van der Waals surface area contributed by atoms with E-state index in [2.05, 4.69) is 10.7 Å². The van der Waals surface area contributed by atoms with Crippen LogP contribution in [0.1, 0.15) is 80.8 Å². The molecule has 2 atom stereocenters. The largest absolute Gasteiger partial charge is 0.355 e. The highest BCUT2D eigenvalue weighted by molar-refractivity contribution is 7.09. The molecule has 1 aromatic rings. The van der Waals surface area contributed by atoms with E-state index in [-0.39, 0.29) is 36.6 Å². The summed E-state index contributed by atoms with van der Waals surface area (Å²) in [6.07, 6.45) is 13.2. The van der Waals surface area contributed by atoms with Crippen LogP contribution in [0.25, 0.3) is 0 Å². The van der Waals surface area contributed by atoms with Gasteiger partial charge in [0.05, 0.1) is 10.7 Å². The lowest BCUT2D eigenvalue weighted by Gasteiger charge is -2.43. The highest BCUT2D eigenvalue weighted by atomic mass is 35.5. The normalized spacial score (nSPS) is 30.0. The number of carbonyl (C=O) groups excluding carboxylic acids is 1. The van der Waals surface area contributed by atoms with Crippen LogP contribution in [0.5, 0.6) is 0 Å². The highest BCUT2D eigenvalue weighted by Crippen LogP contribution is 2.41. The number of nitrogens with zero attached hydrogens (tertiary/aromatic N) is 1. The fraction of sp³-hybridized carbons (Fsp3) is 0.810. The van der Waals surface area contributed by atoms with Crippen LogP contribution in [0, 0.1) is 17.8 Å². The molecule has 28 heavy (non-hydrogen) atoms. The Balaban J connectivity index is 0.00000140. The minimum absolute atomic E-state index is 0. The third-order valence-corrected chi connectivity index (χ3v) is 7.94. The Hall–Kier alpha value is -0.360. The maximum Gasteiger partial charge on any atom is 0.223 e. The fourth-order valence-corrected chi connectivity index (χ4v) is 6.35. The van der Waals surface area contributed by atoms with Crippen LogP contribution in [0.15, 0.2) is 5.38 Å². The van der Waals surface area contributed by atoms with Crippen LogP contribution in [0.3, 0.4) is 0 Å². The molecule has 1 heterocycles. The van der Waals surface area contributed by atoms with Gasteiger partial charge in [0.25, 0.3) is 0 Å². The minimum Gasteiger partial charge on any atom is -0.355 e. The van der Waals surface area contributed by atoms with Crippen molar-refractivity contribution in [3.8, 4) is 0 Å². The average molecular weight is 449 g/mol. The Morgan fingerprint density at radius 3 is 2.43 bits per heavy atom. The lowest BCUT2D eigenvalue weighted by molar-refractivity contribution is -0.127. The highest BCUT2D eigenvalue weighted by Gasteiger charge is 2.40. The van der Waals surface area contributed by atoms with Crippen molar-refractivity contribution in [1.82, 2.24) is 10.3 Å². The second kappa shape index (κ2) is 11.1. The lowest BCUT2D eigenvalue weighted by atomic mass is 9.65. The molecular formula is C21H35Cl2N3OS. The molecule has 3 N–H and O–H groups in total. The van der Waals surface area contributed by atoms with Gasteiger partial charge in [-0.25, -0.2) is 4.98 Å². The molecule has 2 bridgehead atoms. The molecule has 0 saturated heterocycles. The molecule has 160 valence electrons. The van der Waals surface area contributed by atoms with Gasteiger partial charge >= 0.3 is 0 Å². The van der Waals surface area contributed by atoms with Crippen LogP contribution >= 0.6 is 36.2 Å². The standard InChI is InChI=1S/C21H33N3OS.2ClH/c22-20-15-7-4-8-16(20)12-17(11-15)21(25)23-10-9-19-24-18(13-26-19)14-5-2-1-3-6-14;;/h13-17,20H,1-12,22H2,(H,23,25);2*1H. The number of aromatic nitrogens is 1. The summed E-state index contributed by atoms with van der Waals surface area (Å²) < 4.78 is 0. The van der Waals surface area contributed by atoms with E-state index in [1.807, 2.05) is 0 Å². The van der Waals surface area contributed by atoms with Gasteiger partial charge in [-0.05, 0) is 50.4 Å². The Bertz CT molecular complexity index is 607. The first kappa shape index (κ1) is 23.9. The summed E-state index contributed by atoms with van der Waals surface area (Å²) in [6.45, 7) is 0.717. The number of halogens is 2. The molecule has 0 radical (unpaired) electrons. The number of carbonyl (C=O) groups is 1. The summed E-state index contributed by atoms with van der Waals surface area (Å²) in [7, 11) is 0. The van der Waals surface area contributed by atoms with Gasteiger partial charge < -0.3 is 11.1 Å². The number of rotatable bonds is 5. The average Bonchev–Trinajstić information content (AvgIpc) is 3.11. The zero-order valence-electron chi connectivity index (χ0n) is 16.6. The lowest BCUT2D eigenvalue weighted by Crippen LogP contribution is -2.49. The van der Waals surface area contributed by atoms with Crippen molar-refractivity contribution in [2.45, 2.75) is 82.6 Å². The molecule has 3 aliphatic carbocycles. The van der Waals surface area contributed by atoms with E-state index in [0.717, 1.165) is 19.3 Å². The molecule has 3 saturated carbocycles. The fourth-order valence-electron chi connectivity index (χ4n) is 5.47. The summed E-state index contributed by atoms with van der Waals surface area (Å²) in [6, 6.07) is 0.335. The molecule has 4 nitrogen and oxygen atoms in total. The minimum atomic E-state index is 0. The summed E-state index contributed by atoms with van der Waals surface area (Å²) in [5.74, 6) is 2.23. The number of nitrogens with two attached hydrogens (primary N) is 1. The van der Waals surface area contributed by atoms with E-state index in [4.69, 9.17) is 10.7 Å². The predicted octanol–water partition coefficient (Wildman–Crippen LogP) is 4.85. The first-order valence-electron chi connectivity index (χ1n) is 10.7. The first-order valence-corrected chi connectivity index (χ1v) is 11.6. The van der Waals surface area contributed by atoms with E-state index in [9.17, 15) is 4.79 Å². The van der Waals surface area contributed by atoms with Gasteiger partial charge in [-0.15, -0.1) is 36.2 Å². The van der Waals surface area contributed by atoms with Gasteiger partial charge in [0.2, 0.25) is 5.91 Å². The van der Waals surface area contributed by atoms with E-state index in [1.54, 1.807) is 11.3 Å². The maximum atomic E-state index is 12.6. The molecule has 0 spiro atoms. The molecule has 3 fully saturated rings. The molecule has 4 rings (SSSR count). The number of nitrogens with one attached hydrogen (secondary N) is 1. The van der Waals surface area contributed by atoms with E-state index >= 15 is 0 Å². The zero-order chi connectivity index (χ0) is 17.9. The Morgan fingerprint density at radius 1 is 1.07 bits per heavy atom. The molecule has 1 amide bonds. The maximum absolute atomic E-state index is 12.6. The quantitative estimate of drug-likeness (QED) is 0.677. The molecule has 1 aromatic heterocycles. The second-order valence-electron chi connectivity index (χ2n) is 8.74. The molecule has 0 aliphatic heterocycles. The van der Waals surface area contributed by atoms with Crippen molar-refractivity contribution in [3.63, 3.8) is 0 Å². The number of hydrogen-bond acceptors (Lipinski definition) is 4.